The second-order valence-corrected chi connectivity index (χ2v) is 3.90. The highest BCUT2D eigenvalue weighted by Gasteiger charge is 2.10. The molecule has 0 aromatic rings. The zero-order valence-electron chi connectivity index (χ0n) is 9.43. The van der Waals surface area contributed by atoms with Gasteiger partial charge in [0.1, 0.15) is 0 Å². The molecular formula is C12H20N2. The molecule has 2 nitrogen and oxygen atoms in total. The van der Waals surface area contributed by atoms with Crippen molar-refractivity contribution in [2.75, 3.05) is 27.2 Å². The van der Waals surface area contributed by atoms with Gasteiger partial charge in [0, 0.05) is 25.8 Å². The van der Waals surface area contributed by atoms with Crippen LogP contribution in [-0.2, 0) is 0 Å². The smallest absolute Gasteiger partial charge is 0.0264 e. The first-order valence-corrected chi connectivity index (χ1v) is 5.05. The van der Waals surface area contributed by atoms with Crippen LogP contribution in [0.25, 0.3) is 0 Å². The zero-order chi connectivity index (χ0) is 10.6. The van der Waals surface area contributed by atoms with Gasteiger partial charge in [0.05, 0.1) is 0 Å². The maximum Gasteiger partial charge on any atom is 0.0264 e. The lowest BCUT2D eigenvalue weighted by atomic mass is 10.0. The Morgan fingerprint density at radius 1 is 1.57 bits per heavy atom. The number of nitrogens with zero attached hydrogens (tertiary/aromatic N) is 1. The summed E-state index contributed by atoms with van der Waals surface area (Å²) in [5, 5.41) is 3.01. The standard InChI is InChI=1S/C12H20N2/c1-10-7-8-14(4)9-12(10)6-5-11(2)13-3/h5-6,13H,2,7-9H2,1,3-4H3/b6-5-. The van der Waals surface area contributed by atoms with Crippen molar-refractivity contribution in [2.24, 2.45) is 0 Å². The van der Waals surface area contributed by atoms with Crippen molar-refractivity contribution in [3.05, 3.63) is 35.6 Å². The highest BCUT2D eigenvalue weighted by Crippen LogP contribution is 2.17. The highest BCUT2D eigenvalue weighted by molar-refractivity contribution is 5.31. The van der Waals surface area contributed by atoms with Gasteiger partial charge in [-0.15, -0.1) is 0 Å². The molecule has 0 aliphatic carbocycles. The topological polar surface area (TPSA) is 15.3 Å². The van der Waals surface area contributed by atoms with Gasteiger partial charge in [-0.3, -0.25) is 0 Å². The van der Waals surface area contributed by atoms with Gasteiger partial charge in [0.25, 0.3) is 0 Å². The normalized spacial score (nSPS) is 19.1. The van der Waals surface area contributed by atoms with Crippen LogP contribution in [0.2, 0.25) is 0 Å². The van der Waals surface area contributed by atoms with E-state index >= 15 is 0 Å². The summed E-state index contributed by atoms with van der Waals surface area (Å²) in [5.41, 5.74) is 3.89. The largest absolute Gasteiger partial charge is 0.389 e. The third kappa shape index (κ3) is 3.04. The Kier molecular flexibility index (Phi) is 3.96. The van der Waals surface area contributed by atoms with E-state index in [9.17, 15) is 0 Å². The number of hydrogen-bond donors (Lipinski definition) is 1. The van der Waals surface area contributed by atoms with Crippen LogP contribution < -0.4 is 5.32 Å². The van der Waals surface area contributed by atoms with Crippen LogP contribution in [-0.4, -0.2) is 32.1 Å². The number of nitrogens with one attached hydrogen (secondary N) is 1. The molecule has 0 atom stereocenters. The lowest BCUT2D eigenvalue weighted by molar-refractivity contribution is 0.351. The van der Waals surface area contributed by atoms with Gasteiger partial charge in [-0.1, -0.05) is 18.2 Å². The summed E-state index contributed by atoms with van der Waals surface area (Å²) in [5.74, 6) is 0. The molecule has 1 aliphatic heterocycles. The van der Waals surface area contributed by atoms with Crippen molar-refractivity contribution in [2.45, 2.75) is 13.3 Å². The fourth-order valence-electron chi connectivity index (χ4n) is 1.50. The lowest BCUT2D eigenvalue weighted by Crippen LogP contribution is -2.26. The van der Waals surface area contributed by atoms with Crippen LogP contribution >= 0.6 is 0 Å². The van der Waals surface area contributed by atoms with Crippen molar-refractivity contribution in [3.63, 3.8) is 0 Å². The molecule has 14 heavy (non-hydrogen) atoms. The van der Waals surface area contributed by atoms with Gasteiger partial charge in [0.2, 0.25) is 0 Å². The van der Waals surface area contributed by atoms with E-state index in [-0.39, 0.29) is 0 Å². The van der Waals surface area contributed by atoms with E-state index < -0.39 is 0 Å². The molecule has 1 N–H and O–H groups in total. The maximum atomic E-state index is 3.87. The summed E-state index contributed by atoms with van der Waals surface area (Å²) in [6, 6.07) is 0. The monoisotopic (exact) mass is 192 g/mol. The van der Waals surface area contributed by atoms with Crippen molar-refractivity contribution >= 4 is 0 Å². The second-order valence-electron chi connectivity index (χ2n) is 3.90. The Bertz CT molecular complexity index is 274. The van der Waals surface area contributed by atoms with Crippen LogP contribution in [0.1, 0.15) is 13.3 Å². The van der Waals surface area contributed by atoms with E-state index in [1.54, 1.807) is 0 Å². The second kappa shape index (κ2) is 5.01. The van der Waals surface area contributed by atoms with Crippen molar-refractivity contribution in [1.82, 2.24) is 10.2 Å². The molecule has 78 valence electrons. The van der Waals surface area contributed by atoms with Gasteiger partial charge < -0.3 is 10.2 Å². The van der Waals surface area contributed by atoms with Crippen LogP contribution in [0.3, 0.4) is 0 Å². The van der Waals surface area contributed by atoms with Crippen LogP contribution in [0.5, 0.6) is 0 Å². The van der Waals surface area contributed by atoms with Crippen molar-refractivity contribution in [3.8, 4) is 0 Å². The van der Waals surface area contributed by atoms with E-state index in [1.165, 1.54) is 24.1 Å². The first kappa shape index (κ1) is 11.1. The minimum Gasteiger partial charge on any atom is -0.389 e. The average molecular weight is 192 g/mol. The summed E-state index contributed by atoms with van der Waals surface area (Å²) in [7, 11) is 4.05. The summed E-state index contributed by atoms with van der Waals surface area (Å²) >= 11 is 0. The Balaban J connectivity index is 2.66. The molecular weight excluding hydrogens is 172 g/mol. The first-order chi connectivity index (χ1) is 6.63. The Labute approximate surface area is 87.0 Å². The van der Waals surface area contributed by atoms with Crippen LogP contribution in [0, 0.1) is 0 Å². The fourth-order valence-corrected chi connectivity index (χ4v) is 1.50. The van der Waals surface area contributed by atoms with E-state index in [1.807, 2.05) is 13.1 Å². The van der Waals surface area contributed by atoms with Crippen LogP contribution in [0.15, 0.2) is 35.6 Å². The third-order valence-electron chi connectivity index (χ3n) is 2.66. The molecule has 0 saturated carbocycles. The van der Waals surface area contributed by atoms with Gasteiger partial charge >= 0.3 is 0 Å². The molecule has 2 heteroatoms. The van der Waals surface area contributed by atoms with Crippen LogP contribution in [0.4, 0.5) is 0 Å². The minimum absolute atomic E-state index is 0.957. The first-order valence-electron chi connectivity index (χ1n) is 5.05. The van der Waals surface area contributed by atoms with Gasteiger partial charge in [0.15, 0.2) is 0 Å². The molecule has 0 radical (unpaired) electrons. The molecule has 0 unspecified atom stereocenters. The highest BCUT2D eigenvalue weighted by atomic mass is 15.1. The summed E-state index contributed by atoms with van der Waals surface area (Å²) in [4.78, 5) is 2.34. The van der Waals surface area contributed by atoms with Gasteiger partial charge in [-0.05, 0) is 32.0 Å². The van der Waals surface area contributed by atoms with E-state index in [2.05, 4.69) is 36.8 Å². The van der Waals surface area contributed by atoms with Gasteiger partial charge in [-0.2, -0.15) is 0 Å². The van der Waals surface area contributed by atoms with Crippen molar-refractivity contribution < 1.29 is 0 Å². The third-order valence-corrected chi connectivity index (χ3v) is 2.66. The van der Waals surface area contributed by atoms with E-state index in [0.717, 1.165) is 12.2 Å². The van der Waals surface area contributed by atoms with Gasteiger partial charge in [-0.25, -0.2) is 0 Å². The predicted octanol–water partition coefficient (Wildman–Crippen LogP) is 1.93. The van der Waals surface area contributed by atoms with E-state index in [0.29, 0.717) is 0 Å². The quantitative estimate of drug-likeness (QED) is 0.687. The number of rotatable bonds is 3. The molecule has 0 aromatic heterocycles. The molecule has 0 fully saturated rings. The molecule has 1 heterocycles. The maximum absolute atomic E-state index is 3.87. The summed E-state index contributed by atoms with van der Waals surface area (Å²) < 4.78 is 0. The molecule has 0 amide bonds. The number of allylic oxidation sites excluding steroid dienone is 1. The summed E-state index contributed by atoms with van der Waals surface area (Å²) in [6.45, 7) is 8.32. The molecule has 1 aliphatic rings. The number of likely N-dealkylation sites (N-methyl/N-ethyl adjacent to an activating group) is 2. The molecule has 0 aromatic carbocycles. The minimum atomic E-state index is 0.957. The Morgan fingerprint density at radius 3 is 2.93 bits per heavy atom. The Morgan fingerprint density at radius 2 is 2.29 bits per heavy atom. The Hall–Kier alpha value is -1.02. The SMILES string of the molecule is C=C(/C=C\C1=C(C)CCN(C)C1)NC. The number of hydrogen-bond acceptors (Lipinski definition) is 2. The predicted molar refractivity (Wildman–Crippen MR) is 62.2 cm³/mol. The fraction of sp³-hybridized carbons (Fsp3) is 0.500. The molecule has 1 rings (SSSR count). The van der Waals surface area contributed by atoms with Crippen molar-refractivity contribution in [1.29, 1.82) is 0 Å². The molecule has 0 saturated heterocycles. The lowest BCUT2D eigenvalue weighted by Gasteiger charge is -2.24. The molecule has 0 bridgehead atoms. The van der Waals surface area contributed by atoms with E-state index in [4.69, 9.17) is 0 Å². The summed E-state index contributed by atoms with van der Waals surface area (Å²) in [6.07, 6.45) is 5.39. The average Bonchev–Trinajstić information content (AvgIpc) is 2.19. The zero-order valence-corrected chi connectivity index (χ0v) is 9.43. The molecule has 0 spiro atoms.